The summed E-state index contributed by atoms with van der Waals surface area (Å²) < 4.78 is 0.669. The van der Waals surface area contributed by atoms with E-state index in [9.17, 15) is 34.4 Å². The second kappa shape index (κ2) is 9.95. The van der Waals surface area contributed by atoms with Gasteiger partial charge in [-0.1, -0.05) is 51.8 Å². The van der Waals surface area contributed by atoms with Crippen molar-refractivity contribution in [2.45, 2.75) is 25.7 Å². The molecule has 1 saturated carbocycles. The third kappa shape index (κ3) is 3.84. The molecule has 10 nitrogen and oxygen atoms in total. The first-order chi connectivity index (χ1) is 21.0. The smallest absolute Gasteiger partial charge is 0.271 e. The highest BCUT2D eigenvalue weighted by Crippen LogP contribution is 2.64. The maximum Gasteiger partial charge on any atom is 0.271 e. The van der Waals surface area contributed by atoms with Gasteiger partial charge in [0.2, 0.25) is 23.6 Å². The number of halogens is 1. The van der Waals surface area contributed by atoms with Gasteiger partial charge in [-0.3, -0.25) is 29.3 Å². The van der Waals surface area contributed by atoms with Crippen molar-refractivity contribution in [3.63, 3.8) is 0 Å². The van der Waals surface area contributed by atoms with Crippen LogP contribution in [0.2, 0.25) is 0 Å². The first-order valence-corrected chi connectivity index (χ1v) is 15.1. The summed E-state index contributed by atoms with van der Waals surface area (Å²) in [5, 5.41) is 22.6. The number of para-hydroxylation sites is 1. The Bertz CT molecular complexity index is 1820. The van der Waals surface area contributed by atoms with Crippen molar-refractivity contribution in [3.05, 3.63) is 105 Å². The molecule has 6 atom stereocenters. The summed E-state index contributed by atoms with van der Waals surface area (Å²) in [6, 6.07) is 19.0. The summed E-state index contributed by atoms with van der Waals surface area (Å²) in [5.74, 6) is -5.52. The van der Waals surface area contributed by atoms with E-state index in [1.807, 2.05) is 6.08 Å². The van der Waals surface area contributed by atoms with Crippen LogP contribution in [0.1, 0.15) is 31.2 Å². The van der Waals surface area contributed by atoms with E-state index < -0.39 is 63.6 Å². The maximum absolute atomic E-state index is 14.4. The van der Waals surface area contributed by atoms with Crippen molar-refractivity contribution in [1.82, 2.24) is 0 Å². The molecule has 0 bridgehead atoms. The maximum atomic E-state index is 14.4. The van der Waals surface area contributed by atoms with E-state index in [1.165, 1.54) is 35.2 Å². The van der Waals surface area contributed by atoms with Crippen molar-refractivity contribution in [2.24, 2.45) is 29.1 Å². The fourth-order valence-corrected chi connectivity index (χ4v) is 8.32. The largest absolute Gasteiger partial charge is 0.508 e. The highest BCUT2D eigenvalue weighted by atomic mass is 79.9. The Morgan fingerprint density at radius 1 is 0.886 bits per heavy atom. The number of hydrogen-bond acceptors (Lipinski definition) is 7. The summed E-state index contributed by atoms with van der Waals surface area (Å²) in [6.07, 6.45) is 2.26. The van der Waals surface area contributed by atoms with Gasteiger partial charge in [0.05, 0.1) is 39.5 Å². The number of anilines is 2. The minimum absolute atomic E-state index is 0.0488. The number of nitro groups is 1. The third-order valence-corrected chi connectivity index (χ3v) is 10.4. The SMILES string of the molecule is CC12C(=O)N(c3ccccc3)C(=O)C1CC1C(=CCC3C(=O)N(c4cccc([N+](=O)[O-])c4)C(=O)C31)C2c1cc(Br)ccc1O. The first-order valence-electron chi connectivity index (χ1n) is 14.3. The number of non-ortho nitro benzene ring substituents is 1. The lowest BCUT2D eigenvalue weighted by molar-refractivity contribution is -0.384. The Balaban J connectivity index is 1.37. The van der Waals surface area contributed by atoms with Gasteiger partial charge in [0.25, 0.3) is 5.69 Å². The zero-order valence-electron chi connectivity index (χ0n) is 23.4. The molecule has 4 aliphatic rings. The zero-order chi connectivity index (χ0) is 31.1. The van der Waals surface area contributed by atoms with Gasteiger partial charge < -0.3 is 5.11 Å². The van der Waals surface area contributed by atoms with Crippen LogP contribution in [0.3, 0.4) is 0 Å². The molecule has 11 heteroatoms. The molecule has 1 N–H and O–H groups in total. The molecule has 0 radical (unpaired) electrons. The van der Waals surface area contributed by atoms with Crippen molar-refractivity contribution in [1.29, 1.82) is 0 Å². The second-order valence-corrected chi connectivity index (χ2v) is 12.9. The number of hydrogen-bond donors (Lipinski definition) is 1. The van der Waals surface area contributed by atoms with E-state index in [-0.39, 0.29) is 30.0 Å². The molecular formula is C33H26BrN3O7. The highest BCUT2D eigenvalue weighted by molar-refractivity contribution is 9.10. The third-order valence-electron chi connectivity index (χ3n) is 9.89. The summed E-state index contributed by atoms with van der Waals surface area (Å²) in [5.41, 5.74) is 0.210. The molecule has 3 aromatic rings. The van der Waals surface area contributed by atoms with Gasteiger partial charge >= 0.3 is 0 Å². The molecule has 44 heavy (non-hydrogen) atoms. The molecule has 222 valence electrons. The van der Waals surface area contributed by atoms with Crippen molar-refractivity contribution >= 4 is 56.6 Å². The molecule has 2 aliphatic carbocycles. The molecule has 6 unspecified atom stereocenters. The predicted molar refractivity (Wildman–Crippen MR) is 162 cm³/mol. The highest BCUT2D eigenvalue weighted by Gasteiger charge is 2.68. The standard InChI is InChI=1S/C33H26BrN3O7/c1-33-25(30(40)36(32(33)42)18-6-3-2-4-7-18)16-23-21(28(33)24-14-17(34)10-13-26(24)38)11-12-22-27(23)31(41)35(29(22)39)19-8-5-9-20(15-19)37(43)44/h2-11,13-15,22-23,25,27-28,38H,12,16H2,1H3. The number of aromatic hydroxyl groups is 1. The number of nitro benzene ring substituents is 1. The predicted octanol–water partition coefficient (Wildman–Crippen LogP) is 5.50. The topological polar surface area (TPSA) is 138 Å². The average molecular weight is 656 g/mol. The minimum Gasteiger partial charge on any atom is -0.508 e. The fraction of sp³-hybridized carbons (Fsp3) is 0.273. The van der Waals surface area contributed by atoms with Gasteiger partial charge in [0, 0.05) is 28.1 Å². The Labute approximate surface area is 260 Å². The average Bonchev–Trinajstić information content (AvgIpc) is 3.38. The number of rotatable bonds is 4. The molecule has 4 amide bonds. The molecule has 3 fully saturated rings. The molecule has 2 aliphatic heterocycles. The van der Waals surface area contributed by atoms with E-state index in [1.54, 1.807) is 49.4 Å². The molecule has 2 saturated heterocycles. The summed E-state index contributed by atoms with van der Waals surface area (Å²) >= 11 is 3.48. The lowest BCUT2D eigenvalue weighted by atomic mass is 9.51. The Morgan fingerprint density at radius 2 is 1.61 bits per heavy atom. The summed E-state index contributed by atoms with van der Waals surface area (Å²) in [4.78, 5) is 69.5. The van der Waals surface area contributed by atoms with Crippen LogP contribution >= 0.6 is 15.9 Å². The normalized spacial score (nSPS) is 29.3. The molecule has 0 aromatic heterocycles. The lowest BCUT2D eigenvalue weighted by Crippen LogP contribution is -2.48. The number of allylic oxidation sites excluding steroid dienone is 2. The molecule has 7 rings (SSSR count). The number of nitrogens with zero attached hydrogens (tertiary/aromatic N) is 3. The molecule has 2 heterocycles. The van der Waals surface area contributed by atoms with E-state index in [4.69, 9.17) is 0 Å². The second-order valence-electron chi connectivity index (χ2n) is 12.0. The van der Waals surface area contributed by atoms with E-state index in [2.05, 4.69) is 15.9 Å². The number of phenolic OH excluding ortho intramolecular Hbond substituents is 1. The van der Waals surface area contributed by atoms with Gasteiger partial charge in [0.1, 0.15) is 5.75 Å². The van der Waals surface area contributed by atoms with Gasteiger partial charge in [-0.25, -0.2) is 9.80 Å². The Kier molecular flexibility index (Phi) is 6.36. The van der Waals surface area contributed by atoms with E-state index in [0.29, 0.717) is 15.7 Å². The molecular weight excluding hydrogens is 630 g/mol. The van der Waals surface area contributed by atoms with Crippen LogP contribution in [-0.2, 0) is 19.2 Å². The van der Waals surface area contributed by atoms with Gasteiger partial charge in [-0.15, -0.1) is 0 Å². The number of amides is 4. The first kappa shape index (κ1) is 28.1. The summed E-state index contributed by atoms with van der Waals surface area (Å²) in [7, 11) is 0. The van der Waals surface area contributed by atoms with Crippen molar-refractivity contribution in [3.8, 4) is 5.75 Å². The van der Waals surface area contributed by atoms with Crippen molar-refractivity contribution < 1.29 is 29.2 Å². The number of phenols is 1. The number of carbonyl (C=O) groups excluding carboxylic acids is 4. The Hall–Kier alpha value is -4.64. The van der Waals surface area contributed by atoms with Crippen LogP contribution in [0.25, 0.3) is 0 Å². The van der Waals surface area contributed by atoms with E-state index in [0.717, 1.165) is 10.5 Å². The van der Waals surface area contributed by atoms with Crippen LogP contribution < -0.4 is 9.80 Å². The van der Waals surface area contributed by atoms with Crippen molar-refractivity contribution in [2.75, 3.05) is 9.80 Å². The number of imide groups is 2. The number of benzene rings is 3. The van der Waals surface area contributed by atoms with Gasteiger partial charge in [-0.2, -0.15) is 0 Å². The quantitative estimate of drug-likeness (QED) is 0.170. The number of fused-ring (bicyclic) bond motifs is 4. The van der Waals surface area contributed by atoms with E-state index >= 15 is 0 Å². The van der Waals surface area contributed by atoms with Crippen LogP contribution in [0.4, 0.5) is 17.1 Å². The molecule has 0 spiro atoms. The zero-order valence-corrected chi connectivity index (χ0v) is 25.0. The van der Waals surface area contributed by atoms with Crippen LogP contribution in [0.15, 0.2) is 88.9 Å². The fourth-order valence-electron chi connectivity index (χ4n) is 7.94. The van der Waals surface area contributed by atoms with Crippen LogP contribution in [0.5, 0.6) is 5.75 Å². The number of carbonyl (C=O) groups is 4. The van der Waals surface area contributed by atoms with Gasteiger partial charge in [-0.05, 0) is 62.1 Å². The minimum atomic E-state index is -1.29. The lowest BCUT2D eigenvalue weighted by Gasteiger charge is -2.49. The monoisotopic (exact) mass is 655 g/mol. The van der Waals surface area contributed by atoms with Gasteiger partial charge in [0.15, 0.2) is 0 Å². The Morgan fingerprint density at radius 3 is 2.34 bits per heavy atom. The van der Waals surface area contributed by atoms with Crippen LogP contribution in [-0.4, -0.2) is 33.7 Å². The summed E-state index contributed by atoms with van der Waals surface area (Å²) in [6.45, 7) is 1.76. The molecule has 3 aromatic carbocycles. The van der Waals surface area contributed by atoms with Crippen LogP contribution in [0, 0.1) is 39.2 Å².